The molecule has 0 atom stereocenters. The van der Waals surface area contributed by atoms with Crippen LogP contribution in [0.2, 0.25) is 0 Å². The van der Waals surface area contributed by atoms with Crippen LogP contribution in [-0.2, 0) is 0 Å². The van der Waals surface area contributed by atoms with Crippen molar-refractivity contribution >= 4 is 6.72 Å². The van der Waals surface area contributed by atoms with Crippen LogP contribution in [0.4, 0.5) is 0 Å². The lowest BCUT2D eigenvalue weighted by atomic mass is 10.6. The van der Waals surface area contributed by atoms with E-state index in [1.807, 2.05) is 7.05 Å². The van der Waals surface area contributed by atoms with Crippen LogP contribution < -0.4 is 0 Å². The van der Waals surface area contributed by atoms with E-state index in [0.717, 1.165) is 6.54 Å². The Labute approximate surface area is 44.1 Å². The maximum absolute atomic E-state index is 3.59. The van der Waals surface area contributed by atoms with E-state index in [-0.39, 0.29) is 0 Å². The van der Waals surface area contributed by atoms with Gasteiger partial charge in [0.25, 0.3) is 0 Å². The van der Waals surface area contributed by atoms with Gasteiger partial charge in [0.05, 0.1) is 6.54 Å². The molecule has 40 valence electrons. The second-order valence-corrected chi connectivity index (χ2v) is 1.27. The average Bonchev–Trinajstić information content (AvgIpc) is 1.68. The van der Waals surface area contributed by atoms with Gasteiger partial charge in [0.15, 0.2) is 0 Å². The van der Waals surface area contributed by atoms with Crippen LogP contribution in [0.25, 0.3) is 0 Å². The topological polar surface area (TPSA) is 15.6 Å². The molecule has 0 heterocycles. The fraction of sp³-hybridized carbons (Fsp3) is 0.400. The zero-order chi connectivity index (χ0) is 5.70. The largest absolute Gasteiger partial charge is 0.297 e. The number of nitrogens with zero attached hydrogens (tertiary/aromatic N) is 2. The molecule has 0 radical (unpaired) electrons. The Balaban J connectivity index is 3.15. The van der Waals surface area contributed by atoms with E-state index < -0.39 is 0 Å². The smallest absolute Gasteiger partial charge is 0.0535 e. The van der Waals surface area contributed by atoms with Gasteiger partial charge in [-0.1, -0.05) is 6.08 Å². The Morgan fingerprint density at radius 1 is 1.86 bits per heavy atom. The van der Waals surface area contributed by atoms with Crippen molar-refractivity contribution in [2.75, 3.05) is 13.6 Å². The van der Waals surface area contributed by atoms with E-state index in [1.54, 1.807) is 11.1 Å². The molecule has 2 nitrogen and oxygen atoms in total. The van der Waals surface area contributed by atoms with Crippen LogP contribution in [0.15, 0.2) is 17.8 Å². The molecule has 0 aromatic rings. The van der Waals surface area contributed by atoms with Crippen LogP contribution in [0.1, 0.15) is 0 Å². The van der Waals surface area contributed by atoms with Gasteiger partial charge in [0.2, 0.25) is 0 Å². The first-order valence-electron chi connectivity index (χ1n) is 2.10. The maximum atomic E-state index is 3.59. The SMILES string of the molecule is C=CCN(C)N=C. The molecule has 0 aliphatic carbocycles. The van der Waals surface area contributed by atoms with Crippen LogP contribution in [0.5, 0.6) is 0 Å². The zero-order valence-corrected chi connectivity index (χ0v) is 4.59. The van der Waals surface area contributed by atoms with E-state index in [9.17, 15) is 0 Å². The van der Waals surface area contributed by atoms with E-state index in [1.165, 1.54) is 0 Å². The van der Waals surface area contributed by atoms with Gasteiger partial charge in [-0.25, -0.2) is 0 Å². The molecule has 0 saturated heterocycles. The first-order chi connectivity index (χ1) is 3.31. The predicted octanol–water partition coefficient (Wildman–Crippen LogP) is 0.720. The van der Waals surface area contributed by atoms with Crippen LogP contribution in [0, 0.1) is 0 Å². The summed E-state index contributed by atoms with van der Waals surface area (Å²) in [5.74, 6) is 0. The van der Waals surface area contributed by atoms with Crippen molar-refractivity contribution in [3.05, 3.63) is 12.7 Å². The van der Waals surface area contributed by atoms with Crippen LogP contribution in [-0.4, -0.2) is 25.3 Å². The predicted molar refractivity (Wildman–Crippen MR) is 32.4 cm³/mol. The molecule has 0 fully saturated rings. The third-order valence-electron chi connectivity index (χ3n) is 0.635. The minimum Gasteiger partial charge on any atom is -0.297 e. The monoisotopic (exact) mass is 98.1 g/mol. The molecule has 0 aromatic carbocycles. The highest BCUT2D eigenvalue weighted by atomic mass is 15.4. The quantitative estimate of drug-likeness (QED) is 0.288. The Hall–Kier alpha value is -0.790. The minimum atomic E-state index is 0.767. The highest BCUT2D eigenvalue weighted by Gasteiger charge is 1.78. The molecular formula is C5H10N2. The van der Waals surface area contributed by atoms with E-state index >= 15 is 0 Å². The molecule has 0 saturated carbocycles. The number of rotatable bonds is 3. The molecule has 2 heteroatoms. The Bertz CT molecular complexity index is 68.5. The minimum absolute atomic E-state index is 0.767. The molecule has 0 aliphatic rings. The second-order valence-electron chi connectivity index (χ2n) is 1.27. The van der Waals surface area contributed by atoms with Gasteiger partial charge in [-0.2, -0.15) is 5.10 Å². The van der Waals surface area contributed by atoms with Gasteiger partial charge in [-0.3, -0.25) is 5.01 Å². The molecule has 0 aromatic heterocycles. The summed E-state index contributed by atoms with van der Waals surface area (Å²) in [7, 11) is 1.84. The van der Waals surface area contributed by atoms with Crippen LogP contribution in [0.3, 0.4) is 0 Å². The Morgan fingerprint density at radius 3 is 2.57 bits per heavy atom. The number of hydrogen-bond donors (Lipinski definition) is 0. The zero-order valence-electron chi connectivity index (χ0n) is 4.59. The molecular weight excluding hydrogens is 88.1 g/mol. The molecule has 0 N–H and O–H groups in total. The van der Waals surface area contributed by atoms with Gasteiger partial charge in [-0.05, 0) is 0 Å². The van der Waals surface area contributed by atoms with Gasteiger partial charge in [0.1, 0.15) is 0 Å². The normalized spacial score (nSPS) is 7.57. The van der Waals surface area contributed by atoms with Crippen molar-refractivity contribution in [2.24, 2.45) is 5.10 Å². The second kappa shape index (κ2) is 3.40. The van der Waals surface area contributed by atoms with Crippen LogP contribution >= 0.6 is 0 Å². The first kappa shape index (κ1) is 6.21. The van der Waals surface area contributed by atoms with Gasteiger partial charge < -0.3 is 0 Å². The van der Waals surface area contributed by atoms with Crippen molar-refractivity contribution in [1.29, 1.82) is 0 Å². The summed E-state index contributed by atoms with van der Waals surface area (Å²) in [6.07, 6.45) is 1.77. The summed E-state index contributed by atoms with van der Waals surface area (Å²) in [4.78, 5) is 0. The highest BCUT2D eigenvalue weighted by molar-refractivity contribution is 5.22. The number of hydrazone groups is 1. The lowest BCUT2D eigenvalue weighted by Gasteiger charge is -2.05. The summed E-state index contributed by atoms with van der Waals surface area (Å²) in [6.45, 7) is 7.59. The summed E-state index contributed by atoms with van der Waals surface area (Å²) in [6, 6.07) is 0. The summed E-state index contributed by atoms with van der Waals surface area (Å²) in [5, 5.41) is 5.29. The van der Waals surface area contributed by atoms with Crippen molar-refractivity contribution < 1.29 is 0 Å². The average molecular weight is 98.1 g/mol. The lowest BCUT2D eigenvalue weighted by Crippen LogP contribution is -2.08. The van der Waals surface area contributed by atoms with Crippen molar-refractivity contribution in [2.45, 2.75) is 0 Å². The highest BCUT2D eigenvalue weighted by Crippen LogP contribution is 1.77. The third-order valence-corrected chi connectivity index (χ3v) is 0.635. The number of hydrogen-bond acceptors (Lipinski definition) is 2. The number of likely N-dealkylation sites (N-methyl/N-ethyl adjacent to an activating group) is 1. The fourth-order valence-electron chi connectivity index (χ4n) is 0.245. The summed E-state index contributed by atoms with van der Waals surface area (Å²) < 4.78 is 0. The Morgan fingerprint density at radius 2 is 2.43 bits per heavy atom. The molecule has 0 spiro atoms. The fourth-order valence-corrected chi connectivity index (χ4v) is 0.245. The van der Waals surface area contributed by atoms with E-state index in [0.29, 0.717) is 0 Å². The lowest BCUT2D eigenvalue weighted by molar-refractivity contribution is 0.399. The van der Waals surface area contributed by atoms with Crippen molar-refractivity contribution in [1.82, 2.24) is 5.01 Å². The molecule has 0 unspecified atom stereocenters. The standard InChI is InChI=1S/C5H10N2/c1-4-5-7(3)6-2/h4H,1-2,5H2,3H3. The van der Waals surface area contributed by atoms with Gasteiger partial charge >= 0.3 is 0 Å². The first-order valence-corrected chi connectivity index (χ1v) is 2.10. The van der Waals surface area contributed by atoms with Crippen molar-refractivity contribution in [3.63, 3.8) is 0 Å². The van der Waals surface area contributed by atoms with E-state index in [4.69, 9.17) is 0 Å². The third kappa shape index (κ3) is 3.03. The molecule has 7 heavy (non-hydrogen) atoms. The Kier molecular flexibility index (Phi) is 3.02. The van der Waals surface area contributed by atoms with E-state index in [2.05, 4.69) is 18.4 Å². The maximum Gasteiger partial charge on any atom is 0.0535 e. The van der Waals surface area contributed by atoms with Crippen molar-refractivity contribution in [3.8, 4) is 0 Å². The molecule has 0 bridgehead atoms. The summed E-state index contributed by atoms with van der Waals surface area (Å²) in [5.41, 5.74) is 0. The van der Waals surface area contributed by atoms with Gasteiger partial charge in [-0.15, -0.1) is 6.58 Å². The van der Waals surface area contributed by atoms with Gasteiger partial charge in [0, 0.05) is 13.8 Å². The molecule has 0 amide bonds. The molecule has 0 rings (SSSR count). The molecule has 0 aliphatic heterocycles. The summed E-state index contributed by atoms with van der Waals surface area (Å²) >= 11 is 0.